The van der Waals surface area contributed by atoms with Crippen molar-refractivity contribution in [3.63, 3.8) is 0 Å². The maximum Gasteiger partial charge on any atom is 0.358 e. The molecule has 0 unspecified atom stereocenters. The monoisotopic (exact) mass is 325 g/mol. The number of aromatic nitrogens is 1. The Hall–Kier alpha value is -3.12. The van der Waals surface area contributed by atoms with E-state index in [2.05, 4.69) is 5.16 Å². The molecule has 0 aliphatic carbocycles. The minimum Gasteiger partial charge on any atom is -0.476 e. The van der Waals surface area contributed by atoms with E-state index in [1.165, 1.54) is 6.07 Å². The summed E-state index contributed by atoms with van der Waals surface area (Å²) in [5, 5.41) is 12.2. The third-order valence-corrected chi connectivity index (χ3v) is 3.17. The number of para-hydroxylation sites is 1. The molecule has 0 atom stereocenters. The lowest BCUT2D eigenvalue weighted by atomic mass is 10.2. The minimum absolute atomic E-state index is 0.133. The first-order chi connectivity index (χ1) is 11.7. The minimum atomic E-state index is -1.13. The zero-order valence-electron chi connectivity index (χ0n) is 12.7. The fourth-order valence-corrected chi connectivity index (χ4v) is 2.07. The molecule has 0 aliphatic heterocycles. The van der Waals surface area contributed by atoms with Crippen molar-refractivity contribution >= 4 is 5.97 Å². The first-order valence-corrected chi connectivity index (χ1v) is 7.29. The molecule has 0 fully saturated rings. The van der Waals surface area contributed by atoms with E-state index in [9.17, 15) is 4.79 Å². The van der Waals surface area contributed by atoms with Crippen molar-refractivity contribution in [2.75, 3.05) is 0 Å². The normalized spacial score (nSPS) is 10.5. The second-order valence-electron chi connectivity index (χ2n) is 5.04. The zero-order chi connectivity index (χ0) is 16.8. The van der Waals surface area contributed by atoms with Crippen LogP contribution in [0.25, 0.3) is 0 Å². The molecule has 0 saturated heterocycles. The number of nitrogens with zero attached hydrogens (tertiary/aromatic N) is 1. The molecule has 0 spiro atoms. The number of carboxylic acid groups (broad SMARTS) is 1. The van der Waals surface area contributed by atoms with Crippen LogP contribution in [-0.2, 0) is 18.0 Å². The molecule has 0 saturated carbocycles. The number of carbonyl (C=O) groups is 1. The van der Waals surface area contributed by atoms with Gasteiger partial charge in [0.25, 0.3) is 0 Å². The Morgan fingerprint density at radius 3 is 2.54 bits per heavy atom. The highest BCUT2D eigenvalue weighted by molar-refractivity contribution is 5.85. The Kier molecular flexibility index (Phi) is 4.88. The van der Waals surface area contributed by atoms with Crippen LogP contribution in [0.2, 0.25) is 0 Å². The highest BCUT2D eigenvalue weighted by Gasteiger charge is 2.10. The quantitative estimate of drug-likeness (QED) is 0.710. The number of benzene rings is 2. The second-order valence-corrected chi connectivity index (χ2v) is 5.04. The van der Waals surface area contributed by atoms with Gasteiger partial charge in [-0.2, -0.15) is 0 Å². The Bertz CT molecular complexity index is 813. The van der Waals surface area contributed by atoms with Crippen LogP contribution in [0.4, 0.5) is 0 Å². The summed E-state index contributed by atoms with van der Waals surface area (Å²) in [6, 6.07) is 18.4. The molecule has 6 heteroatoms. The van der Waals surface area contributed by atoms with Gasteiger partial charge < -0.3 is 19.1 Å². The van der Waals surface area contributed by atoms with E-state index >= 15 is 0 Å². The van der Waals surface area contributed by atoms with Crippen LogP contribution in [0.3, 0.4) is 0 Å². The van der Waals surface area contributed by atoms with Crippen molar-refractivity contribution in [1.29, 1.82) is 0 Å². The van der Waals surface area contributed by atoms with E-state index in [1.54, 1.807) is 0 Å². The molecule has 0 bridgehead atoms. The Morgan fingerprint density at radius 2 is 1.79 bits per heavy atom. The molecular formula is C18H15NO5. The zero-order valence-corrected chi connectivity index (χ0v) is 12.7. The molecular weight excluding hydrogens is 310 g/mol. The van der Waals surface area contributed by atoms with Gasteiger partial charge in [0, 0.05) is 6.07 Å². The van der Waals surface area contributed by atoms with Gasteiger partial charge in [0.05, 0.1) is 6.61 Å². The average Bonchev–Trinajstić information content (AvgIpc) is 3.05. The SMILES string of the molecule is O=C(O)c1cc(COCc2cccc(Oc3ccccc3)c2)on1. The first kappa shape index (κ1) is 15.8. The lowest BCUT2D eigenvalue weighted by Gasteiger charge is -2.07. The molecule has 1 heterocycles. The molecule has 3 aromatic rings. The highest BCUT2D eigenvalue weighted by atomic mass is 16.5. The summed E-state index contributed by atoms with van der Waals surface area (Å²) in [4.78, 5) is 10.7. The molecule has 24 heavy (non-hydrogen) atoms. The van der Waals surface area contributed by atoms with Gasteiger partial charge in [-0.3, -0.25) is 0 Å². The third kappa shape index (κ3) is 4.21. The van der Waals surface area contributed by atoms with E-state index in [0.29, 0.717) is 12.4 Å². The largest absolute Gasteiger partial charge is 0.476 e. The molecule has 2 aromatic carbocycles. The van der Waals surface area contributed by atoms with Gasteiger partial charge in [0.2, 0.25) is 0 Å². The summed E-state index contributed by atoms with van der Waals surface area (Å²) >= 11 is 0. The molecule has 122 valence electrons. The fraction of sp³-hybridized carbons (Fsp3) is 0.111. The summed E-state index contributed by atoms with van der Waals surface area (Å²) in [7, 11) is 0. The van der Waals surface area contributed by atoms with Crippen molar-refractivity contribution in [2.24, 2.45) is 0 Å². The maximum atomic E-state index is 10.7. The molecule has 1 N–H and O–H groups in total. The first-order valence-electron chi connectivity index (χ1n) is 7.29. The molecule has 1 aromatic heterocycles. The number of hydrogen-bond acceptors (Lipinski definition) is 5. The highest BCUT2D eigenvalue weighted by Crippen LogP contribution is 2.22. The number of rotatable bonds is 7. The van der Waals surface area contributed by atoms with Gasteiger partial charge in [0.15, 0.2) is 11.5 Å². The van der Waals surface area contributed by atoms with E-state index in [4.69, 9.17) is 19.1 Å². The summed E-state index contributed by atoms with van der Waals surface area (Å²) < 4.78 is 16.2. The second kappa shape index (κ2) is 7.43. The fourth-order valence-electron chi connectivity index (χ4n) is 2.07. The molecule has 3 rings (SSSR count). The van der Waals surface area contributed by atoms with Crippen molar-refractivity contribution in [1.82, 2.24) is 5.16 Å². The predicted octanol–water partition coefficient (Wildman–Crippen LogP) is 3.88. The van der Waals surface area contributed by atoms with Crippen molar-refractivity contribution < 1.29 is 23.9 Å². The summed E-state index contributed by atoms with van der Waals surface area (Å²) in [5.41, 5.74) is 0.799. The molecule has 6 nitrogen and oxygen atoms in total. The standard InChI is InChI=1S/C18H15NO5/c20-18(21)17-10-16(24-19-17)12-22-11-13-5-4-8-15(9-13)23-14-6-2-1-3-7-14/h1-10H,11-12H2,(H,20,21). The van der Waals surface area contributed by atoms with Crippen LogP contribution in [0.5, 0.6) is 11.5 Å². The Morgan fingerprint density at radius 1 is 1.00 bits per heavy atom. The van der Waals surface area contributed by atoms with Crippen LogP contribution in [-0.4, -0.2) is 16.2 Å². The van der Waals surface area contributed by atoms with E-state index in [0.717, 1.165) is 17.1 Å². The summed E-state index contributed by atoms with van der Waals surface area (Å²) in [6.45, 7) is 0.485. The third-order valence-electron chi connectivity index (χ3n) is 3.17. The van der Waals surface area contributed by atoms with Crippen LogP contribution < -0.4 is 4.74 Å². The van der Waals surface area contributed by atoms with Crippen LogP contribution in [0, 0.1) is 0 Å². The smallest absolute Gasteiger partial charge is 0.358 e. The average molecular weight is 325 g/mol. The number of aromatic carboxylic acids is 1. The van der Waals surface area contributed by atoms with Gasteiger partial charge in [-0.25, -0.2) is 4.79 Å². The topological polar surface area (TPSA) is 81.8 Å². The number of ether oxygens (including phenoxy) is 2. The Labute approximate surface area is 138 Å². The summed E-state index contributed by atoms with van der Waals surface area (Å²) in [5.74, 6) is 0.716. The van der Waals surface area contributed by atoms with Gasteiger partial charge in [-0.05, 0) is 29.8 Å². The Balaban J connectivity index is 1.55. The van der Waals surface area contributed by atoms with Gasteiger partial charge in [0.1, 0.15) is 18.1 Å². The van der Waals surface area contributed by atoms with Crippen molar-refractivity contribution in [3.8, 4) is 11.5 Å². The van der Waals surface area contributed by atoms with Crippen molar-refractivity contribution in [3.05, 3.63) is 77.7 Å². The predicted molar refractivity (Wildman–Crippen MR) is 84.9 cm³/mol. The molecule has 0 radical (unpaired) electrons. The lowest BCUT2D eigenvalue weighted by Crippen LogP contribution is -1.95. The number of carboxylic acids is 1. The molecule has 0 amide bonds. The van der Waals surface area contributed by atoms with E-state index in [-0.39, 0.29) is 12.3 Å². The van der Waals surface area contributed by atoms with Gasteiger partial charge in [-0.1, -0.05) is 35.5 Å². The van der Waals surface area contributed by atoms with E-state index in [1.807, 2.05) is 54.6 Å². The number of hydrogen-bond donors (Lipinski definition) is 1. The van der Waals surface area contributed by atoms with Crippen LogP contribution in [0.1, 0.15) is 21.8 Å². The van der Waals surface area contributed by atoms with Crippen LogP contribution in [0.15, 0.2) is 65.2 Å². The summed E-state index contributed by atoms with van der Waals surface area (Å²) in [6.07, 6.45) is 0. The van der Waals surface area contributed by atoms with Gasteiger partial charge >= 0.3 is 5.97 Å². The van der Waals surface area contributed by atoms with Crippen molar-refractivity contribution in [2.45, 2.75) is 13.2 Å². The maximum absolute atomic E-state index is 10.7. The lowest BCUT2D eigenvalue weighted by molar-refractivity contribution is 0.0683. The van der Waals surface area contributed by atoms with E-state index < -0.39 is 5.97 Å². The molecule has 0 aliphatic rings. The van der Waals surface area contributed by atoms with Gasteiger partial charge in [-0.15, -0.1) is 0 Å². The van der Waals surface area contributed by atoms with Crippen LogP contribution >= 0.6 is 0 Å².